The molecule has 1 heterocycles. The molecule has 0 atom stereocenters. The van der Waals surface area contributed by atoms with Gasteiger partial charge in [-0.2, -0.15) is 0 Å². The van der Waals surface area contributed by atoms with Crippen LogP contribution in [0.2, 0.25) is 0 Å². The monoisotopic (exact) mass is 472 g/mol. The van der Waals surface area contributed by atoms with Crippen molar-refractivity contribution < 1.29 is 19.1 Å². The molecule has 6 nitrogen and oxygen atoms in total. The lowest BCUT2D eigenvalue weighted by Gasteiger charge is -2.27. The minimum Gasteiger partial charge on any atom is -0.492 e. The smallest absolute Gasteiger partial charge is 0.265 e. The quantitative estimate of drug-likeness (QED) is 0.227. The minimum atomic E-state index is -0.529. The van der Waals surface area contributed by atoms with Crippen molar-refractivity contribution in [1.82, 2.24) is 10.2 Å². The van der Waals surface area contributed by atoms with Gasteiger partial charge in [-0.25, -0.2) is 0 Å². The fourth-order valence-electron chi connectivity index (χ4n) is 2.29. The predicted molar refractivity (Wildman–Crippen MR) is 108 cm³/mol. The van der Waals surface area contributed by atoms with Crippen molar-refractivity contribution in [2.75, 3.05) is 20.3 Å². The van der Waals surface area contributed by atoms with E-state index in [4.69, 9.17) is 21.7 Å². The first kappa shape index (κ1) is 19.4. The minimum absolute atomic E-state index is 0.00105. The molecule has 1 fully saturated rings. The summed E-state index contributed by atoms with van der Waals surface area (Å²) in [4.78, 5) is 26.0. The Labute approximate surface area is 165 Å². The summed E-state index contributed by atoms with van der Waals surface area (Å²) in [5.41, 5.74) is 0.650. The van der Waals surface area contributed by atoms with Crippen molar-refractivity contribution >= 4 is 57.8 Å². The highest BCUT2D eigenvalue weighted by molar-refractivity contribution is 14.1. The molecule has 0 saturated carbocycles. The normalized spacial score (nSPS) is 16.0. The fraction of sp³-hybridized carbons (Fsp3) is 0.235. The molecule has 0 aromatic heterocycles. The first-order chi connectivity index (χ1) is 11.9. The van der Waals surface area contributed by atoms with E-state index in [0.29, 0.717) is 23.7 Å². The summed E-state index contributed by atoms with van der Waals surface area (Å²) < 4.78 is 11.7. The van der Waals surface area contributed by atoms with Gasteiger partial charge in [0.1, 0.15) is 5.57 Å². The molecule has 1 aromatic carbocycles. The summed E-state index contributed by atoms with van der Waals surface area (Å²) >= 11 is 7.15. The average molecular weight is 472 g/mol. The lowest BCUT2D eigenvalue weighted by Crippen LogP contribution is -2.53. The van der Waals surface area contributed by atoms with Crippen LogP contribution < -0.4 is 14.8 Å². The van der Waals surface area contributed by atoms with E-state index in [1.807, 2.05) is 6.92 Å². The van der Waals surface area contributed by atoms with Crippen LogP contribution in [-0.4, -0.2) is 42.1 Å². The molecule has 132 valence electrons. The summed E-state index contributed by atoms with van der Waals surface area (Å²) in [6, 6.07) is 3.53. The zero-order valence-electron chi connectivity index (χ0n) is 13.8. The third-order valence-electron chi connectivity index (χ3n) is 3.34. The van der Waals surface area contributed by atoms with Crippen molar-refractivity contribution in [1.29, 1.82) is 0 Å². The van der Waals surface area contributed by atoms with Gasteiger partial charge in [0.2, 0.25) is 0 Å². The summed E-state index contributed by atoms with van der Waals surface area (Å²) in [5.74, 6) is 0.168. The SMILES string of the molecule is C=CCN1C(=O)/C(=C/c2cc(I)c(OC)c(OCC)c2)C(=O)NC1=S. The van der Waals surface area contributed by atoms with Crippen LogP contribution in [0.5, 0.6) is 11.5 Å². The highest BCUT2D eigenvalue weighted by atomic mass is 127. The number of thiocarbonyl (C=S) groups is 1. The number of methoxy groups -OCH3 is 1. The molecule has 0 aliphatic carbocycles. The molecule has 1 aliphatic heterocycles. The van der Waals surface area contributed by atoms with Gasteiger partial charge in [-0.15, -0.1) is 6.58 Å². The fourth-order valence-corrected chi connectivity index (χ4v) is 3.38. The van der Waals surface area contributed by atoms with Gasteiger partial charge in [-0.05, 0) is 65.5 Å². The number of amides is 2. The average Bonchev–Trinajstić information content (AvgIpc) is 2.55. The highest BCUT2D eigenvalue weighted by Gasteiger charge is 2.32. The summed E-state index contributed by atoms with van der Waals surface area (Å²) in [5, 5.41) is 2.59. The Bertz CT molecular complexity index is 776. The van der Waals surface area contributed by atoms with Gasteiger partial charge in [0.15, 0.2) is 16.6 Å². The van der Waals surface area contributed by atoms with E-state index in [2.05, 4.69) is 34.5 Å². The largest absolute Gasteiger partial charge is 0.492 e. The van der Waals surface area contributed by atoms with Crippen LogP contribution >= 0.6 is 34.8 Å². The van der Waals surface area contributed by atoms with Crippen LogP contribution in [0.3, 0.4) is 0 Å². The molecule has 1 aliphatic rings. The Hall–Kier alpha value is -1.94. The van der Waals surface area contributed by atoms with Crippen LogP contribution in [-0.2, 0) is 9.59 Å². The molecule has 25 heavy (non-hydrogen) atoms. The van der Waals surface area contributed by atoms with Crippen LogP contribution in [0.1, 0.15) is 12.5 Å². The van der Waals surface area contributed by atoms with Crippen LogP contribution in [0.4, 0.5) is 0 Å². The third kappa shape index (κ3) is 4.18. The number of carbonyl (C=O) groups is 2. The van der Waals surface area contributed by atoms with E-state index >= 15 is 0 Å². The highest BCUT2D eigenvalue weighted by Crippen LogP contribution is 2.34. The molecule has 1 aromatic rings. The summed E-state index contributed by atoms with van der Waals surface area (Å²) in [6.45, 7) is 6.15. The predicted octanol–water partition coefficient (Wildman–Crippen LogP) is 2.51. The van der Waals surface area contributed by atoms with Crippen LogP contribution in [0.15, 0.2) is 30.4 Å². The Balaban J connectivity index is 2.47. The number of benzene rings is 1. The molecule has 0 unspecified atom stereocenters. The molecule has 0 spiro atoms. The maximum absolute atomic E-state index is 12.6. The van der Waals surface area contributed by atoms with E-state index in [-0.39, 0.29) is 17.2 Å². The maximum atomic E-state index is 12.6. The molecule has 1 N–H and O–H groups in total. The number of hydrogen-bond donors (Lipinski definition) is 1. The first-order valence-corrected chi connectivity index (χ1v) is 8.91. The Morgan fingerprint density at radius 3 is 2.72 bits per heavy atom. The number of rotatable bonds is 6. The summed E-state index contributed by atoms with van der Waals surface area (Å²) in [7, 11) is 1.56. The Morgan fingerprint density at radius 2 is 2.12 bits per heavy atom. The number of nitrogens with one attached hydrogen (secondary N) is 1. The number of ether oxygens (including phenoxy) is 2. The molecule has 2 rings (SSSR count). The van der Waals surface area contributed by atoms with Crippen molar-refractivity contribution in [2.24, 2.45) is 0 Å². The standard InChI is InChI=1S/C17H17IN2O4S/c1-4-6-20-16(22)11(15(21)19-17(20)25)7-10-8-12(18)14(23-3)13(9-10)24-5-2/h4,7-9H,1,5-6H2,2-3H3,(H,19,21,25)/b11-7+. The first-order valence-electron chi connectivity index (χ1n) is 7.43. The third-order valence-corrected chi connectivity index (χ3v) is 4.47. The van der Waals surface area contributed by atoms with E-state index in [0.717, 1.165) is 3.57 Å². The summed E-state index contributed by atoms with van der Waals surface area (Å²) in [6.07, 6.45) is 3.06. The molecule has 8 heteroatoms. The van der Waals surface area contributed by atoms with Crippen molar-refractivity contribution in [2.45, 2.75) is 6.92 Å². The second-order valence-electron chi connectivity index (χ2n) is 4.99. The van der Waals surface area contributed by atoms with Gasteiger partial charge in [0, 0.05) is 6.54 Å². The molecule has 0 radical (unpaired) electrons. The lowest BCUT2D eigenvalue weighted by atomic mass is 10.1. The Morgan fingerprint density at radius 1 is 1.40 bits per heavy atom. The zero-order valence-corrected chi connectivity index (χ0v) is 16.8. The van der Waals surface area contributed by atoms with Gasteiger partial charge in [0.05, 0.1) is 17.3 Å². The van der Waals surface area contributed by atoms with Crippen molar-refractivity contribution in [3.05, 3.63) is 39.5 Å². The van der Waals surface area contributed by atoms with E-state index in [1.165, 1.54) is 11.0 Å². The molecule has 1 saturated heterocycles. The second kappa shape index (κ2) is 8.43. The molecular formula is C17H17IN2O4S. The second-order valence-corrected chi connectivity index (χ2v) is 6.54. The van der Waals surface area contributed by atoms with Crippen molar-refractivity contribution in [3.63, 3.8) is 0 Å². The van der Waals surface area contributed by atoms with Gasteiger partial charge >= 0.3 is 0 Å². The van der Waals surface area contributed by atoms with Crippen LogP contribution in [0, 0.1) is 3.57 Å². The molecular weight excluding hydrogens is 455 g/mol. The topological polar surface area (TPSA) is 67.9 Å². The van der Waals surface area contributed by atoms with E-state index in [9.17, 15) is 9.59 Å². The Kier molecular flexibility index (Phi) is 6.54. The maximum Gasteiger partial charge on any atom is 0.265 e. The van der Waals surface area contributed by atoms with E-state index < -0.39 is 11.8 Å². The lowest BCUT2D eigenvalue weighted by molar-refractivity contribution is -0.128. The van der Waals surface area contributed by atoms with Gasteiger partial charge in [-0.3, -0.25) is 19.8 Å². The zero-order chi connectivity index (χ0) is 18.6. The number of hydrogen-bond acceptors (Lipinski definition) is 5. The van der Waals surface area contributed by atoms with Gasteiger partial charge in [-0.1, -0.05) is 6.08 Å². The van der Waals surface area contributed by atoms with Crippen molar-refractivity contribution in [3.8, 4) is 11.5 Å². The molecule has 0 bridgehead atoms. The number of nitrogens with zero attached hydrogens (tertiary/aromatic N) is 1. The number of halogens is 1. The van der Waals surface area contributed by atoms with Gasteiger partial charge in [0.25, 0.3) is 11.8 Å². The van der Waals surface area contributed by atoms with E-state index in [1.54, 1.807) is 25.3 Å². The number of carbonyl (C=O) groups excluding carboxylic acids is 2. The van der Waals surface area contributed by atoms with Crippen LogP contribution in [0.25, 0.3) is 6.08 Å². The van der Waals surface area contributed by atoms with Gasteiger partial charge < -0.3 is 9.47 Å². The molecule has 2 amide bonds.